The predicted molar refractivity (Wildman–Crippen MR) is 115 cm³/mol. The lowest BCUT2D eigenvalue weighted by Gasteiger charge is -2.30. The Morgan fingerprint density at radius 2 is 2.07 bits per heavy atom. The number of thioether (sulfide) groups is 1. The smallest absolute Gasteiger partial charge is 0.264 e. The van der Waals surface area contributed by atoms with E-state index in [0.29, 0.717) is 29.3 Å². The van der Waals surface area contributed by atoms with Gasteiger partial charge in [-0.15, -0.1) is 11.8 Å². The summed E-state index contributed by atoms with van der Waals surface area (Å²) < 4.78 is 34.0. The van der Waals surface area contributed by atoms with Crippen LogP contribution in [0.1, 0.15) is 11.6 Å². The van der Waals surface area contributed by atoms with Gasteiger partial charge in [0.25, 0.3) is 10.0 Å². The summed E-state index contributed by atoms with van der Waals surface area (Å²) in [5.41, 5.74) is 2.75. The third kappa shape index (κ3) is 3.05. The Kier molecular flexibility index (Phi) is 4.34. The van der Waals surface area contributed by atoms with Gasteiger partial charge in [0.15, 0.2) is 0 Å². The van der Waals surface area contributed by atoms with Gasteiger partial charge in [0.05, 0.1) is 21.6 Å². The molecule has 0 radical (unpaired) electrons. The SMILES string of the molecule is Cc1nc2ccc(S(=O)(=O)N3CCSc4ccc(-c5ccc(C#N)o5)cc43)cc2[nH]1. The van der Waals surface area contributed by atoms with E-state index in [1.165, 1.54) is 4.31 Å². The number of anilines is 1. The highest BCUT2D eigenvalue weighted by Crippen LogP contribution is 2.40. The summed E-state index contributed by atoms with van der Waals surface area (Å²) in [4.78, 5) is 8.54. The van der Waals surface area contributed by atoms with E-state index < -0.39 is 10.0 Å². The highest BCUT2D eigenvalue weighted by molar-refractivity contribution is 8.00. The van der Waals surface area contributed by atoms with Gasteiger partial charge < -0.3 is 9.40 Å². The van der Waals surface area contributed by atoms with E-state index in [1.54, 1.807) is 48.2 Å². The quantitative estimate of drug-likeness (QED) is 0.513. The first kappa shape index (κ1) is 18.8. The minimum absolute atomic E-state index is 0.213. The molecule has 2 aromatic heterocycles. The van der Waals surface area contributed by atoms with Gasteiger partial charge in [0, 0.05) is 22.8 Å². The van der Waals surface area contributed by atoms with Crippen LogP contribution in [0.2, 0.25) is 0 Å². The number of sulfonamides is 1. The highest BCUT2D eigenvalue weighted by Gasteiger charge is 2.30. The summed E-state index contributed by atoms with van der Waals surface area (Å²) in [6.45, 7) is 2.20. The molecule has 4 aromatic rings. The van der Waals surface area contributed by atoms with Crippen LogP contribution in [-0.4, -0.2) is 30.7 Å². The fraction of sp³-hybridized carbons (Fsp3) is 0.143. The van der Waals surface area contributed by atoms with E-state index >= 15 is 0 Å². The van der Waals surface area contributed by atoms with Crippen molar-refractivity contribution in [3.05, 3.63) is 60.1 Å². The molecule has 1 N–H and O–H groups in total. The molecule has 0 fully saturated rings. The van der Waals surface area contributed by atoms with Crippen LogP contribution in [0, 0.1) is 18.3 Å². The fourth-order valence-electron chi connectivity index (χ4n) is 3.55. The second-order valence-corrected chi connectivity index (χ2v) is 9.88. The molecule has 0 amide bonds. The summed E-state index contributed by atoms with van der Waals surface area (Å²) >= 11 is 1.62. The zero-order valence-corrected chi connectivity index (χ0v) is 17.5. The van der Waals surface area contributed by atoms with Crippen molar-refractivity contribution in [2.45, 2.75) is 16.7 Å². The van der Waals surface area contributed by atoms with Crippen molar-refractivity contribution in [2.24, 2.45) is 0 Å². The summed E-state index contributed by atoms with van der Waals surface area (Å²) in [6.07, 6.45) is 0. The maximum absolute atomic E-state index is 13.5. The van der Waals surface area contributed by atoms with Gasteiger partial charge in [-0.1, -0.05) is 0 Å². The number of aromatic nitrogens is 2. The summed E-state index contributed by atoms with van der Waals surface area (Å²) in [5, 5.41) is 9.00. The summed E-state index contributed by atoms with van der Waals surface area (Å²) in [5.74, 6) is 2.14. The average Bonchev–Trinajstić information content (AvgIpc) is 3.37. The molecule has 0 saturated carbocycles. The number of aryl methyl sites for hydroxylation is 1. The Balaban J connectivity index is 1.60. The minimum atomic E-state index is -3.77. The molecule has 0 spiro atoms. The predicted octanol–water partition coefficient (Wildman–Crippen LogP) is 4.30. The lowest BCUT2D eigenvalue weighted by Crippen LogP contribution is -2.35. The van der Waals surface area contributed by atoms with Crippen LogP contribution >= 0.6 is 11.8 Å². The molecule has 5 rings (SSSR count). The van der Waals surface area contributed by atoms with Crippen molar-refractivity contribution in [3.8, 4) is 17.4 Å². The Hall–Kier alpha value is -3.22. The third-order valence-corrected chi connectivity index (χ3v) is 7.79. The van der Waals surface area contributed by atoms with Crippen LogP contribution in [0.25, 0.3) is 22.4 Å². The van der Waals surface area contributed by atoms with Crippen LogP contribution in [0.15, 0.2) is 62.7 Å². The summed E-state index contributed by atoms with van der Waals surface area (Å²) in [7, 11) is -3.77. The zero-order chi connectivity index (χ0) is 20.9. The van der Waals surface area contributed by atoms with Gasteiger partial charge >= 0.3 is 0 Å². The van der Waals surface area contributed by atoms with Crippen LogP contribution in [0.4, 0.5) is 5.69 Å². The van der Waals surface area contributed by atoms with Crippen molar-refractivity contribution in [3.63, 3.8) is 0 Å². The first-order valence-electron chi connectivity index (χ1n) is 9.22. The van der Waals surface area contributed by atoms with Gasteiger partial charge in [-0.2, -0.15) is 5.26 Å². The van der Waals surface area contributed by atoms with E-state index in [9.17, 15) is 8.42 Å². The lowest BCUT2D eigenvalue weighted by atomic mass is 10.1. The molecule has 150 valence electrons. The zero-order valence-electron chi connectivity index (χ0n) is 15.9. The number of hydrogen-bond acceptors (Lipinski definition) is 6. The molecular weight excluding hydrogens is 420 g/mol. The molecule has 9 heteroatoms. The lowest BCUT2D eigenvalue weighted by molar-refractivity contribution is 0.567. The first-order valence-corrected chi connectivity index (χ1v) is 11.6. The van der Waals surface area contributed by atoms with Crippen LogP contribution < -0.4 is 4.31 Å². The standard InChI is InChI=1S/C21H16N4O3S2/c1-13-23-17-5-4-16(11-18(17)24-13)30(26,27)25-8-9-29-21-7-2-14(10-19(21)25)20-6-3-15(12-22)28-20/h2-7,10-11H,8-9H2,1H3,(H,23,24). The Morgan fingerprint density at radius 3 is 2.87 bits per heavy atom. The van der Waals surface area contributed by atoms with Crippen LogP contribution in [0.5, 0.6) is 0 Å². The van der Waals surface area contributed by atoms with Gasteiger partial charge in [-0.25, -0.2) is 13.4 Å². The van der Waals surface area contributed by atoms with Crippen molar-refractivity contribution >= 4 is 38.5 Å². The van der Waals surface area contributed by atoms with Gasteiger partial charge in [0.2, 0.25) is 5.76 Å². The minimum Gasteiger partial charge on any atom is -0.446 e. The van der Waals surface area contributed by atoms with Crippen LogP contribution in [-0.2, 0) is 10.0 Å². The number of hydrogen-bond donors (Lipinski definition) is 1. The average molecular weight is 437 g/mol. The molecule has 3 heterocycles. The molecule has 0 aliphatic carbocycles. The van der Waals surface area contributed by atoms with Crippen molar-refractivity contribution < 1.29 is 12.8 Å². The molecule has 0 unspecified atom stereocenters. The number of nitriles is 1. The number of nitrogens with zero attached hydrogens (tertiary/aromatic N) is 3. The first-order chi connectivity index (χ1) is 14.5. The number of nitrogens with one attached hydrogen (secondary N) is 1. The molecular formula is C21H16N4O3S2. The monoisotopic (exact) mass is 436 g/mol. The van der Waals surface area contributed by atoms with E-state index in [-0.39, 0.29) is 10.7 Å². The number of aromatic amines is 1. The number of furan rings is 1. The highest BCUT2D eigenvalue weighted by atomic mass is 32.2. The molecule has 7 nitrogen and oxygen atoms in total. The van der Waals surface area contributed by atoms with E-state index in [1.807, 2.05) is 25.1 Å². The molecule has 0 saturated heterocycles. The molecule has 0 bridgehead atoms. The molecule has 1 aliphatic heterocycles. The van der Waals surface area contributed by atoms with Crippen molar-refractivity contribution in [1.29, 1.82) is 5.26 Å². The van der Waals surface area contributed by atoms with Crippen molar-refractivity contribution in [2.75, 3.05) is 16.6 Å². The molecule has 0 atom stereocenters. The van der Waals surface area contributed by atoms with Crippen molar-refractivity contribution in [1.82, 2.24) is 9.97 Å². The second-order valence-electron chi connectivity index (χ2n) is 6.89. The number of fused-ring (bicyclic) bond motifs is 2. The Morgan fingerprint density at radius 1 is 1.20 bits per heavy atom. The number of imidazole rings is 1. The molecule has 1 aliphatic rings. The second kappa shape index (κ2) is 6.93. The summed E-state index contributed by atoms with van der Waals surface area (Å²) in [6, 6.07) is 15.8. The molecule has 2 aromatic carbocycles. The number of benzene rings is 2. The van der Waals surface area contributed by atoms with E-state index in [2.05, 4.69) is 9.97 Å². The topological polar surface area (TPSA) is 103 Å². The molecule has 30 heavy (non-hydrogen) atoms. The number of H-pyrrole nitrogens is 1. The van der Waals surface area contributed by atoms with Gasteiger partial charge in [0.1, 0.15) is 17.7 Å². The maximum Gasteiger partial charge on any atom is 0.264 e. The normalized spacial score (nSPS) is 13.9. The van der Waals surface area contributed by atoms with Gasteiger partial charge in [-0.3, -0.25) is 4.31 Å². The maximum atomic E-state index is 13.5. The Bertz CT molecular complexity index is 1430. The van der Waals surface area contributed by atoms with Crippen LogP contribution in [0.3, 0.4) is 0 Å². The van der Waals surface area contributed by atoms with E-state index in [4.69, 9.17) is 9.68 Å². The fourth-order valence-corrected chi connectivity index (χ4v) is 6.20. The number of rotatable bonds is 3. The van der Waals surface area contributed by atoms with Gasteiger partial charge in [-0.05, 0) is 55.5 Å². The van der Waals surface area contributed by atoms with E-state index in [0.717, 1.165) is 21.8 Å². The largest absolute Gasteiger partial charge is 0.446 e. The third-order valence-electron chi connectivity index (χ3n) is 4.94. The Labute approximate surface area is 177 Å².